The molecule has 0 aliphatic heterocycles. The Morgan fingerprint density at radius 1 is 1.43 bits per heavy atom. The van der Waals surface area contributed by atoms with Crippen LogP contribution >= 0.6 is 27.5 Å². The molecule has 21 heavy (non-hydrogen) atoms. The predicted molar refractivity (Wildman–Crippen MR) is 84.4 cm³/mol. The largest absolute Gasteiger partial charge is 0.294 e. The lowest BCUT2D eigenvalue weighted by molar-refractivity contribution is 0.0986. The van der Waals surface area contributed by atoms with E-state index in [0.717, 1.165) is 22.3 Å². The molecule has 0 spiro atoms. The summed E-state index contributed by atoms with van der Waals surface area (Å²) < 4.78 is 16.4. The molecule has 3 nitrogen and oxygen atoms in total. The molecule has 0 unspecified atom stereocenters. The topological polar surface area (TPSA) is 34.9 Å². The zero-order valence-electron chi connectivity index (χ0n) is 11.8. The Kier molecular flexibility index (Phi) is 5.17. The Balaban J connectivity index is 2.38. The van der Waals surface area contributed by atoms with Gasteiger partial charge in [-0.05, 0) is 41.4 Å². The van der Waals surface area contributed by atoms with Gasteiger partial charge in [0.25, 0.3) is 0 Å². The van der Waals surface area contributed by atoms with Gasteiger partial charge in [-0.15, -0.1) is 0 Å². The number of carbonyl (C=O) groups excluding carboxylic acids is 1. The Morgan fingerprint density at radius 3 is 2.71 bits per heavy atom. The SMILES string of the molecule is CCc1nn(CC)c(CC(=O)c2c(F)cccc2Cl)c1Br. The number of nitrogens with zero attached hydrogens (tertiary/aromatic N) is 2. The molecule has 0 N–H and O–H groups in total. The van der Waals surface area contributed by atoms with Gasteiger partial charge in [0, 0.05) is 6.54 Å². The standard InChI is InChI=1S/C15H15BrClFN2O/c1-3-11-15(16)12(20(4-2)19-11)8-13(21)14-9(17)6-5-7-10(14)18/h5-7H,3-4,8H2,1-2H3. The van der Waals surface area contributed by atoms with E-state index in [2.05, 4.69) is 21.0 Å². The van der Waals surface area contributed by atoms with Crippen LogP contribution in [0, 0.1) is 5.82 Å². The van der Waals surface area contributed by atoms with Crippen molar-refractivity contribution in [2.24, 2.45) is 0 Å². The Morgan fingerprint density at radius 2 is 2.14 bits per heavy atom. The second-order valence-corrected chi connectivity index (χ2v) is 5.77. The molecule has 1 heterocycles. The van der Waals surface area contributed by atoms with Crippen molar-refractivity contribution in [2.75, 3.05) is 0 Å². The summed E-state index contributed by atoms with van der Waals surface area (Å²) in [5, 5.41) is 4.56. The summed E-state index contributed by atoms with van der Waals surface area (Å²) in [7, 11) is 0. The molecule has 0 amide bonds. The minimum atomic E-state index is -0.595. The Labute approximate surface area is 136 Å². The van der Waals surface area contributed by atoms with Crippen molar-refractivity contribution in [1.82, 2.24) is 9.78 Å². The van der Waals surface area contributed by atoms with E-state index in [1.807, 2.05) is 13.8 Å². The lowest BCUT2D eigenvalue weighted by atomic mass is 10.1. The van der Waals surface area contributed by atoms with Crippen LogP contribution in [-0.4, -0.2) is 15.6 Å². The molecule has 2 aromatic rings. The van der Waals surface area contributed by atoms with E-state index in [-0.39, 0.29) is 22.8 Å². The maximum absolute atomic E-state index is 13.8. The third-order valence-corrected chi connectivity index (χ3v) is 4.49. The predicted octanol–water partition coefficient (Wildman–Crippen LogP) is 4.45. The van der Waals surface area contributed by atoms with E-state index in [0.29, 0.717) is 6.54 Å². The van der Waals surface area contributed by atoms with Gasteiger partial charge in [0.15, 0.2) is 5.78 Å². The van der Waals surface area contributed by atoms with Crippen LogP contribution in [0.2, 0.25) is 5.02 Å². The summed E-state index contributed by atoms with van der Waals surface area (Å²) in [5.41, 5.74) is 1.57. The number of hydrogen-bond acceptors (Lipinski definition) is 2. The molecule has 0 aliphatic carbocycles. The van der Waals surface area contributed by atoms with Gasteiger partial charge in [-0.3, -0.25) is 9.48 Å². The first kappa shape index (κ1) is 16.2. The van der Waals surface area contributed by atoms with Gasteiger partial charge < -0.3 is 0 Å². The molecule has 1 aromatic heterocycles. The van der Waals surface area contributed by atoms with E-state index < -0.39 is 5.82 Å². The maximum atomic E-state index is 13.8. The number of Topliss-reactive ketones (excluding diaryl/α,β-unsaturated/α-hetero) is 1. The van der Waals surface area contributed by atoms with Crippen molar-refractivity contribution in [2.45, 2.75) is 33.2 Å². The van der Waals surface area contributed by atoms with Crippen molar-refractivity contribution >= 4 is 33.3 Å². The van der Waals surface area contributed by atoms with Crippen LogP contribution in [0.4, 0.5) is 4.39 Å². The highest BCUT2D eigenvalue weighted by molar-refractivity contribution is 9.10. The minimum absolute atomic E-state index is 0.0576. The first-order chi connectivity index (χ1) is 9.99. The lowest BCUT2D eigenvalue weighted by Gasteiger charge is -2.07. The van der Waals surface area contributed by atoms with Crippen LogP contribution in [0.5, 0.6) is 0 Å². The number of rotatable bonds is 5. The quantitative estimate of drug-likeness (QED) is 0.726. The summed E-state index contributed by atoms with van der Waals surface area (Å²) >= 11 is 9.42. The number of benzene rings is 1. The highest BCUT2D eigenvalue weighted by Gasteiger charge is 2.21. The van der Waals surface area contributed by atoms with Gasteiger partial charge >= 0.3 is 0 Å². The average molecular weight is 374 g/mol. The summed E-state index contributed by atoms with van der Waals surface area (Å²) in [6.07, 6.45) is 0.817. The summed E-state index contributed by atoms with van der Waals surface area (Å²) in [6.45, 7) is 4.58. The summed E-state index contributed by atoms with van der Waals surface area (Å²) in [6, 6.07) is 4.24. The van der Waals surface area contributed by atoms with Gasteiger partial charge in [0.1, 0.15) is 5.82 Å². The first-order valence-electron chi connectivity index (χ1n) is 6.70. The molecule has 2 rings (SSSR count). The molecule has 0 radical (unpaired) electrons. The van der Waals surface area contributed by atoms with Crippen molar-refractivity contribution < 1.29 is 9.18 Å². The van der Waals surface area contributed by atoms with E-state index in [1.54, 1.807) is 4.68 Å². The highest BCUT2D eigenvalue weighted by atomic mass is 79.9. The summed E-state index contributed by atoms with van der Waals surface area (Å²) in [5.74, 6) is -0.946. The van der Waals surface area contributed by atoms with Gasteiger partial charge in [-0.1, -0.05) is 24.6 Å². The molecular formula is C15H15BrClFN2O. The first-order valence-corrected chi connectivity index (χ1v) is 7.87. The molecule has 0 atom stereocenters. The van der Waals surface area contributed by atoms with Crippen LogP contribution < -0.4 is 0 Å². The third-order valence-electron chi connectivity index (χ3n) is 3.26. The number of hydrogen-bond donors (Lipinski definition) is 0. The number of halogens is 3. The van der Waals surface area contributed by atoms with Gasteiger partial charge in [-0.2, -0.15) is 5.10 Å². The van der Waals surface area contributed by atoms with Crippen LogP contribution in [-0.2, 0) is 19.4 Å². The van der Waals surface area contributed by atoms with Gasteiger partial charge in [0.2, 0.25) is 0 Å². The van der Waals surface area contributed by atoms with Crippen molar-refractivity contribution in [3.63, 3.8) is 0 Å². The Hall–Kier alpha value is -1.20. The number of aryl methyl sites for hydroxylation is 2. The molecular weight excluding hydrogens is 359 g/mol. The van der Waals surface area contributed by atoms with Crippen molar-refractivity contribution in [3.05, 3.63) is 50.5 Å². The third kappa shape index (κ3) is 3.19. The maximum Gasteiger partial charge on any atom is 0.173 e. The van der Waals surface area contributed by atoms with Crippen molar-refractivity contribution in [1.29, 1.82) is 0 Å². The fourth-order valence-corrected chi connectivity index (χ4v) is 3.16. The number of carbonyl (C=O) groups is 1. The fourth-order valence-electron chi connectivity index (χ4n) is 2.19. The molecule has 0 bridgehead atoms. The second kappa shape index (κ2) is 6.71. The average Bonchev–Trinajstić information content (AvgIpc) is 2.75. The highest BCUT2D eigenvalue weighted by Crippen LogP contribution is 2.26. The van der Waals surface area contributed by atoms with Crippen LogP contribution in [0.25, 0.3) is 0 Å². The van der Waals surface area contributed by atoms with Gasteiger partial charge in [-0.25, -0.2) is 4.39 Å². The molecule has 6 heteroatoms. The van der Waals surface area contributed by atoms with Crippen LogP contribution in [0.3, 0.4) is 0 Å². The zero-order chi connectivity index (χ0) is 15.6. The van der Waals surface area contributed by atoms with E-state index in [1.165, 1.54) is 18.2 Å². The van der Waals surface area contributed by atoms with Crippen LogP contribution in [0.15, 0.2) is 22.7 Å². The van der Waals surface area contributed by atoms with Gasteiger partial charge in [0.05, 0.1) is 32.9 Å². The smallest absolute Gasteiger partial charge is 0.173 e. The van der Waals surface area contributed by atoms with E-state index in [9.17, 15) is 9.18 Å². The monoisotopic (exact) mass is 372 g/mol. The normalized spacial score (nSPS) is 10.9. The summed E-state index contributed by atoms with van der Waals surface area (Å²) in [4.78, 5) is 12.4. The minimum Gasteiger partial charge on any atom is -0.294 e. The molecule has 1 aromatic carbocycles. The number of ketones is 1. The number of aromatic nitrogens is 2. The van der Waals surface area contributed by atoms with Crippen LogP contribution in [0.1, 0.15) is 35.6 Å². The van der Waals surface area contributed by atoms with E-state index >= 15 is 0 Å². The molecule has 0 saturated heterocycles. The Bertz CT molecular complexity index is 664. The molecule has 112 valence electrons. The van der Waals surface area contributed by atoms with Crippen molar-refractivity contribution in [3.8, 4) is 0 Å². The fraction of sp³-hybridized carbons (Fsp3) is 0.333. The van der Waals surface area contributed by atoms with E-state index in [4.69, 9.17) is 11.6 Å². The molecule has 0 saturated carbocycles. The lowest BCUT2D eigenvalue weighted by Crippen LogP contribution is -2.12. The zero-order valence-corrected chi connectivity index (χ0v) is 14.1. The molecule has 0 aliphatic rings. The second-order valence-electron chi connectivity index (χ2n) is 4.57. The molecule has 0 fully saturated rings.